The average Bonchev–Trinajstić information content (AvgIpc) is 3.00. The number of carbonyl (C=O) groups excluding carboxylic acids is 1. The van der Waals surface area contributed by atoms with Gasteiger partial charge in [-0.3, -0.25) is 4.79 Å². The molecule has 0 amide bonds. The average molecular weight is 347 g/mol. The van der Waals surface area contributed by atoms with Gasteiger partial charge in [-0.05, 0) is 35.2 Å². The third kappa shape index (κ3) is 3.85. The molecule has 7 heteroatoms. The molecule has 1 aromatic carbocycles. The van der Waals surface area contributed by atoms with Crippen LogP contribution in [-0.4, -0.2) is 15.9 Å². The molecule has 0 aliphatic rings. The number of fused-ring (bicyclic) bond motifs is 1. The van der Waals surface area contributed by atoms with Crippen LogP contribution >= 0.6 is 22.9 Å². The van der Waals surface area contributed by atoms with E-state index in [1.165, 1.54) is 17.4 Å². The molecule has 2 heterocycles. The highest BCUT2D eigenvalue weighted by molar-refractivity contribution is 7.17. The lowest BCUT2D eigenvalue weighted by molar-refractivity contribution is -0.139. The van der Waals surface area contributed by atoms with E-state index in [2.05, 4.69) is 9.97 Å². The van der Waals surface area contributed by atoms with E-state index in [1.807, 2.05) is 6.07 Å². The number of nitrogens with one attached hydrogen (secondary N) is 1. The van der Waals surface area contributed by atoms with Gasteiger partial charge in [-0.1, -0.05) is 23.7 Å². The van der Waals surface area contributed by atoms with E-state index in [4.69, 9.17) is 16.3 Å². The number of aromatic amines is 1. The minimum atomic E-state index is -0.530. The van der Waals surface area contributed by atoms with E-state index in [-0.39, 0.29) is 12.2 Å². The van der Waals surface area contributed by atoms with Crippen molar-refractivity contribution in [2.75, 3.05) is 0 Å². The van der Waals surface area contributed by atoms with Crippen molar-refractivity contribution in [3.63, 3.8) is 0 Å². The van der Waals surface area contributed by atoms with Gasteiger partial charge >= 0.3 is 5.97 Å². The molecule has 1 N–H and O–H groups in total. The summed E-state index contributed by atoms with van der Waals surface area (Å²) in [6, 6.07) is 8.84. The van der Waals surface area contributed by atoms with E-state index < -0.39 is 5.97 Å². The van der Waals surface area contributed by atoms with Crippen molar-refractivity contribution < 1.29 is 9.53 Å². The zero-order valence-corrected chi connectivity index (χ0v) is 13.4. The summed E-state index contributed by atoms with van der Waals surface area (Å²) in [7, 11) is 0. The summed E-state index contributed by atoms with van der Waals surface area (Å²) in [6.07, 6.45) is 2.90. The summed E-state index contributed by atoms with van der Waals surface area (Å²) < 4.78 is 5.63. The van der Waals surface area contributed by atoms with Crippen molar-refractivity contribution in [1.82, 2.24) is 9.97 Å². The lowest BCUT2D eigenvalue weighted by Gasteiger charge is -2.01. The Labute approximate surface area is 140 Å². The van der Waals surface area contributed by atoms with Crippen LogP contribution in [0.2, 0.25) is 5.02 Å². The lowest BCUT2D eigenvalue weighted by Crippen LogP contribution is -2.12. The van der Waals surface area contributed by atoms with Crippen LogP contribution < -0.4 is 5.56 Å². The van der Waals surface area contributed by atoms with E-state index >= 15 is 0 Å². The van der Waals surface area contributed by atoms with Gasteiger partial charge in [0.25, 0.3) is 5.56 Å². The van der Waals surface area contributed by atoms with Gasteiger partial charge in [0.1, 0.15) is 17.1 Å². The van der Waals surface area contributed by atoms with Gasteiger partial charge in [-0.15, -0.1) is 11.3 Å². The SMILES string of the molecule is O=C(/C=C/c1cccc(Cl)c1)OCc1nc2ccsc2c(=O)[nH]1. The number of thiophene rings is 1. The molecule has 0 radical (unpaired) electrons. The number of esters is 1. The van der Waals surface area contributed by atoms with Crippen molar-refractivity contribution in [2.45, 2.75) is 6.61 Å². The van der Waals surface area contributed by atoms with Crippen LogP contribution in [0.1, 0.15) is 11.4 Å². The molecule has 0 atom stereocenters. The van der Waals surface area contributed by atoms with Crippen molar-refractivity contribution >= 4 is 45.2 Å². The maximum Gasteiger partial charge on any atom is 0.331 e. The van der Waals surface area contributed by atoms with E-state index in [0.29, 0.717) is 21.1 Å². The standard InChI is InChI=1S/C16H11ClN2O3S/c17-11-3-1-2-10(8-11)4-5-14(20)22-9-13-18-12-6-7-23-15(12)16(21)19-13/h1-8H,9H2,(H,18,19,21)/b5-4+. The van der Waals surface area contributed by atoms with Gasteiger partial charge in [-0.2, -0.15) is 0 Å². The highest BCUT2D eigenvalue weighted by Crippen LogP contribution is 2.14. The minimum Gasteiger partial charge on any atom is -0.454 e. The summed E-state index contributed by atoms with van der Waals surface area (Å²) in [5.41, 5.74) is 1.16. The first-order valence-corrected chi connectivity index (χ1v) is 7.94. The maximum absolute atomic E-state index is 11.8. The second kappa shape index (κ2) is 6.76. The fourth-order valence-electron chi connectivity index (χ4n) is 1.95. The molecule has 0 aliphatic heterocycles. The molecule has 116 valence electrons. The first kappa shape index (κ1) is 15.5. The molecular weight excluding hydrogens is 336 g/mol. The number of ether oxygens (including phenoxy) is 1. The van der Waals surface area contributed by atoms with E-state index in [9.17, 15) is 9.59 Å². The number of carbonyl (C=O) groups is 1. The first-order chi connectivity index (χ1) is 11.1. The van der Waals surface area contributed by atoms with E-state index in [0.717, 1.165) is 5.56 Å². The summed E-state index contributed by atoms with van der Waals surface area (Å²) in [5.74, 6) is -0.219. The highest BCUT2D eigenvalue weighted by atomic mass is 35.5. The van der Waals surface area contributed by atoms with Crippen molar-refractivity contribution in [3.05, 3.63) is 68.6 Å². The number of hydrogen-bond acceptors (Lipinski definition) is 5. The van der Waals surface area contributed by atoms with Crippen molar-refractivity contribution in [2.24, 2.45) is 0 Å². The summed E-state index contributed by atoms with van der Waals surface area (Å²) >= 11 is 7.18. The highest BCUT2D eigenvalue weighted by Gasteiger charge is 2.06. The van der Waals surface area contributed by atoms with Crippen molar-refractivity contribution in [3.8, 4) is 0 Å². The van der Waals surface area contributed by atoms with Crippen LogP contribution in [0.4, 0.5) is 0 Å². The van der Waals surface area contributed by atoms with Crippen LogP contribution in [0.25, 0.3) is 16.3 Å². The summed E-state index contributed by atoms with van der Waals surface area (Å²) in [4.78, 5) is 30.3. The Hall–Kier alpha value is -2.44. The zero-order chi connectivity index (χ0) is 16.2. The minimum absolute atomic E-state index is 0.0975. The number of nitrogens with zero attached hydrogens (tertiary/aromatic N) is 1. The molecule has 2 aromatic heterocycles. The Morgan fingerprint density at radius 2 is 2.26 bits per heavy atom. The van der Waals surface area contributed by atoms with Crippen LogP contribution in [-0.2, 0) is 16.1 Å². The zero-order valence-electron chi connectivity index (χ0n) is 11.8. The largest absolute Gasteiger partial charge is 0.454 e. The van der Waals surface area contributed by atoms with Gasteiger partial charge < -0.3 is 9.72 Å². The molecule has 0 saturated heterocycles. The van der Waals surface area contributed by atoms with Crippen LogP contribution in [0, 0.1) is 0 Å². The third-order valence-electron chi connectivity index (χ3n) is 2.98. The molecule has 0 aliphatic carbocycles. The van der Waals surface area contributed by atoms with Gasteiger partial charge in [0, 0.05) is 11.1 Å². The fraction of sp³-hybridized carbons (Fsp3) is 0.0625. The van der Waals surface area contributed by atoms with Gasteiger partial charge in [0.15, 0.2) is 0 Å². The summed E-state index contributed by atoms with van der Waals surface area (Å²) in [5, 5.41) is 2.38. The predicted octanol–water partition coefficient (Wildman–Crippen LogP) is 3.39. The molecule has 0 saturated carbocycles. The number of aromatic nitrogens is 2. The Kier molecular flexibility index (Phi) is 4.55. The normalized spacial score (nSPS) is 11.2. The number of H-pyrrole nitrogens is 1. The van der Waals surface area contributed by atoms with Crippen LogP contribution in [0.3, 0.4) is 0 Å². The smallest absolute Gasteiger partial charge is 0.331 e. The Bertz CT molecular complexity index is 946. The molecule has 3 rings (SSSR count). The number of rotatable bonds is 4. The molecule has 0 spiro atoms. The quantitative estimate of drug-likeness (QED) is 0.580. The Morgan fingerprint density at radius 1 is 1.39 bits per heavy atom. The third-order valence-corrected chi connectivity index (χ3v) is 4.11. The number of halogens is 1. The molecule has 23 heavy (non-hydrogen) atoms. The van der Waals surface area contributed by atoms with Crippen LogP contribution in [0.15, 0.2) is 46.6 Å². The Balaban J connectivity index is 1.65. The molecule has 3 aromatic rings. The topological polar surface area (TPSA) is 72.0 Å². The van der Waals surface area contributed by atoms with Gasteiger partial charge in [0.05, 0.1) is 5.52 Å². The molecule has 5 nitrogen and oxygen atoms in total. The lowest BCUT2D eigenvalue weighted by atomic mass is 10.2. The molecule has 0 bridgehead atoms. The number of benzene rings is 1. The first-order valence-electron chi connectivity index (χ1n) is 6.68. The second-order valence-corrected chi connectivity index (χ2v) is 6.00. The number of hydrogen-bond donors (Lipinski definition) is 1. The van der Waals surface area contributed by atoms with E-state index in [1.54, 1.807) is 35.7 Å². The monoisotopic (exact) mass is 346 g/mol. The molecular formula is C16H11ClN2O3S. The van der Waals surface area contributed by atoms with Crippen molar-refractivity contribution in [1.29, 1.82) is 0 Å². The second-order valence-electron chi connectivity index (χ2n) is 4.64. The molecule has 0 unspecified atom stereocenters. The fourth-order valence-corrected chi connectivity index (χ4v) is 2.88. The maximum atomic E-state index is 11.8. The predicted molar refractivity (Wildman–Crippen MR) is 90.5 cm³/mol. The molecule has 0 fully saturated rings. The van der Waals surface area contributed by atoms with Gasteiger partial charge in [0.2, 0.25) is 0 Å². The summed E-state index contributed by atoms with van der Waals surface area (Å²) in [6.45, 7) is -0.0975. The Morgan fingerprint density at radius 3 is 3.09 bits per heavy atom. The van der Waals surface area contributed by atoms with Gasteiger partial charge in [-0.25, -0.2) is 9.78 Å². The van der Waals surface area contributed by atoms with Crippen LogP contribution in [0.5, 0.6) is 0 Å².